The van der Waals surface area contributed by atoms with E-state index in [-0.39, 0.29) is 0 Å². The Bertz CT molecular complexity index is 752. The van der Waals surface area contributed by atoms with Crippen molar-refractivity contribution < 1.29 is 10.2 Å². The molecule has 0 fully saturated rings. The van der Waals surface area contributed by atoms with Crippen LogP contribution in [0.3, 0.4) is 0 Å². The van der Waals surface area contributed by atoms with Crippen molar-refractivity contribution in [2.75, 3.05) is 18.5 Å². The second-order valence-electron chi connectivity index (χ2n) is 6.17. The molecule has 3 rings (SSSR count). The largest absolute Gasteiger partial charge is 0.389 e. The first-order valence-electron chi connectivity index (χ1n) is 8.71. The molecule has 0 aromatic heterocycles. The van der Waals surface area contributed by atoms with Crippen molar-refractivity contribution in [1.29, 1.82) is 0 Å². The van der Waals surface area contributed by atoms with Gasteiger partial charge in [-0.25, -0.2) is 0 Å². The molecule has 0 saturated carbocycles. The number of aliphatic hydroxyl groups excluding tert-OH is 2. The highest BCUT2D eigenvalue weighted by molar-refractivity contribution is 5.76. The molecule has 2 atom stereocenters. The summed E-state index contributed by atoms with van der Waals surface area (Å²) in [6.45, 7) is 0.336. The topological polar surface area (TPSA) is 55.7 Å². The molecule has 3 aromatic carbocycles. The Labute approximate surface area is 154 Å². The van der Waals surface area contributed by atoms with Crippen LogP contribution in [0.15, 0.2) is 84.9 Å². The average molecular weight is 348 g/mol. The Hall–Kier alpha value is -2.66. The molecule has 0 bridgehead atoms. The van der Waals surface area contributed by atoms with Crippen molar-refractivity contribution in [3.8, 4) is 0 Å². The number of hydrogen-bond acceptors (Lipinski definition) is 4. The average Bonchev–Trinajstić information content (AvgIpc) is 2.70. The normalized spacial score (nSPS) is 13.2. The number of rotatable bonds is 7. The number of nitrogens with one attached hydrogen (secondary N) is 1. The summed E-state index contributed by atoms with van der Waals surface area (Å²) < 4.78 is 0. The summed E-state index contributed by atoms with van der Waals surface area (Å²) in [6.07, 6.45) is -1.76. The fraction of sp³-hybridized carbons (Fsp3) is 0.182. The summed E-state index contributed by atoms with van der Waals surface area (Å²) >= 11 is 0. The molecule has 0 radical (unpaired) electrons. The van der Waals surface area contributed by atoms with Crippen molar-refractivity contribution in [3.63, 3.8) is 0 Å². The number of nitrogens with zero attached hydrogens (tertiary/aromatic N) is 1. The van der Waals surface area contributed by atoms with Crippen molar-refractivity contribution in [2.24, 2.45) is 0 Å². The van der Waals surface area contributed by atoms with Crippen molar-refractivity contribution in [2.45, 2.75) is 12.2 Å². The number of para-hydroxylation sites is 2. The molecule has 4 heteroatoms. The van der Waals surface area contributed by atoms with Gasteiger partial charge < -0.3 is 20.4 Å². The number of aliphatic hydroxyl groups is 2. The molecule has 2 unspecified atom stereocenters. The molecule has 0 heterocycles. The van der Waals surface area contributed by atoms with Gasteiger partial charge in [-0.05, 0) is 49.0 Å². The van der Waals surface area contributed by atoms with Crippen LogP contribution in [0.2, 0.25) is 0 Å². The molecule has 0 aliphatic heterocycles. The van der Waals surface area contributed by atoms with Gasteiger partial charge in [0.2, 0.25) is 0 Å². The minimum absolute atomic E-state index is 0.336. The summed E-state index contributed by atoms with van der Waals surface area (Å²) in [6, 6.07) is 27.9. The molecule has 0 aliphatic rings. The maximum Gasteiger partial charge on any atom is 0.106 e. The van der Waals surface area contributed by atoms with Crippen molar-refractivity contribution in [1.82, 2.24) is 5.32 Å². The maximum atomic E-state index is 10.3. The summed E-state index contributed by atoms with van der Waals surface area (Å²) in [5, 5.41) is 23.1. The van der Waals surface area contributed by atoms with Crippen LogP contribution in [0.1, 0.15) is 11.7 Å². The third kappa shape index (κ3) is 4.11. The quantitative estimate of drug-likeness (QED) is 0.608. The molecule has 0 saturated heterocycles. The van der Waals surface area contributed by atoms with Crippen LogP contribution in [0.25, 0.3) is 0 Å². The van der Waals surface area contributed by atoms with Crippen LogP contribution in [0.5, 0.6) is 0 Å². The summed E-state index contributed by atoms with van der Waals surface area (Å²) in [5.74, 6) is 0. The standard InChI is InChI=1S/C22H24N2O2/c1-23-16-21(25)22(26)17-12-14-20(15-13-17)24(18-8-4-2-5-9-18)19-10-6-3-7-11-19/h2-15,21-23,25-26H,16H2,1H3. The molecule has 0 spiro atoms. The first kappa shape index (κ1) is 18.1. The van der Waals surface area contributed by atoms with E-state index in [0.717, 1.165) is 17.1 Å². The zero-order chi connectivity index (χ0) is 18.4. The van der Waals surface area contributed by atoms with Crippen LogP contribution in [-0.4, -0.2) is 29.9 Å². The summed E-state index contributed by atoms with van der Waals surface area (Å²) in [5.41, 5.74) is 3.79. The first-order valence-corrected chi connectivity index (χ1v) is 8.71. The van der Waals surface area contributed by atoms with Gasteiger partial charge in [0.25, 0.3) is 0 Å². The Morgan fingerprint density at radius 1 is 0.731 bits per heavy atom. The molecule has 3 N–H and O–H groups in total. The van der Waals surface area contributed by atoms with Crippen LogP contribution in [0.4, 0.5) is 17.1 Å². The lowest BCUT2D eigenvalue weighted by Gasteiger charge is -2.26. The Morgan fingerprint density at radius 2 is 1.19 bits per heavy atom. The molecule has 26 heavy (non-hydrogen) atoms. The third-order valence-corrected chi connectivity index (χ3v) is 4.30. The van der Waals surface area contributed by atoms with E-state index in [1.165, 1.54) is 0 Å². The van der Waals surface area contributed by atoms with E-state index in [2.05, 4.69) is 34.5 Å². The van der Waals surface area contributed by atoms with E-state index in [9.17, 15) is 10.2 Å². The lowest BCUT2D eigenvalue weighted by Crippen LogP contribution is -2.29. The molecule has 0 amide bonds. The second kappa shape index (κ2) is 8.63. The highest BCUT2D eigenvalue weighted by Crippen LogP contribution is 2.34. The van der Waals surface area contributed by atoms with Crippen LogP contribution >= 0.6 is 0 Å². The van der Waals surface area contributed by atoms with E-state index in [4.69, 9.17) is 0 Å². The molecule has 134 valence electrons. The van der Waals surface area contributed by atoms with Gasteiger partial charge in [-0.2, -0.15) is 0 Å². The van der Waals surface area contributed by atoms with Gasteiger partial charge in [0.05, 0.1) is 6.10 Å². The number of hydrogen-bond donors (Lipinski definition) is 3. The Morgan fingerprint density at radius 3 is 1.65 bits per heavy atom. The van der Waals surface area contributed by atoms with Crippen LogP contribution in [0, 0.1) is 0 Å². The summed E-state index contributed by atoms with van der Waals surface area (Å²) in [7, 11) is 1.75. The lowest BCUT2D eigenvalue weighted by molar-refractivity contribution is 0.0202. The zero-order valence-corrected chi connectivity index (χ0v) is 14.8. The summed E-state index contributed by atoms with van der Waals surface area (Å²) in [4.78, 5) is 2.15. The van der Waals surface area contributed by atoms with Gasteiger partial charge in [-0.1, -0.05) is 48.5 Å². The molecule has 3 aromatic rings. The SMILES string of the molecule is CNCC(O)C(O)c1ccc(N(c2ccccc2)c2ccccc2)cc1. The van der Waals surface area contributed by atoms with Crippen molar-refractivity contribution >= 4 is 17.1 Å². The second-order valence-corrected chi connectivity index (χ2v) is 6.17. The van der Waals surface area contributed by atoms with E-state index in [1.54, 1.807) is 7.05 Å². The van der Waals surface area contributed by atoms with E-state index >= 15 is 0 Å². The molecular weight excluding hydrogens is 324 g/mol. The van der Waals surface area contributed by atoms with Crippen LogP contribution in [-0.2, 0) is 0 Å². The van der Waals surface area contributed by atoms with Gasteiger partial charge in [-0.3, -0.25) is 0 Å². The van der Waals surface area contributed by atoms with Crippen molar-refractivity contribution in [3.05, 3.63) is 90.5 Å². The number of anilines is 3. The fourth-order valence-electron chi connectivity index (χ4n) is 2.96. The van der Waals surface area contributed by atoms with E-state index < -0.39 is 12.2 Å². The maximum absolute atomic E-state index is 10.3. The van der Waals surface area contributed by atoms with Gasteiger partial charge in [0.15, 0.2) is 0 Å². The number of likely N-dealkylation sites (N-methyl/N-ethyl adjacent to an activating group) is 1. The minimum Gasteiger partial charge on any atom is -0.389 e. The molecule has 0 aliphatic carbocycles. The monoisotopic (exact) mass is 348 g/mol. The zero-order valence-electron chi connectivity index (χ0n) is 14.8. The minimum atomic E-state index is -0.918. The molecule has 4 nitrogen and oxygen atoms in total. The van der Waals surface area contributed by atoms with Gasteiger partial charge in [0.1, 0.15) is 6.10 Å². The Kier molecular flexibility index (Phi) is 6.02. The predicted octanol–water partition coefficient (Wildman–Crippen LogP) is 3.77. The highest BCUT2D eigenvalue weighted by atomic mass is 16.3. The van der Waals surface area contributed by atoms with Gasteiger partial charge in [-0.15, -0.1) is 0 Å². The van der Waals surface area contributed by atoms with E-state index in [0.29, 0.717) is 12.1 Å². The Balaban J connectivity index is 1.93. The predicted molar refractivity (Wildman–Crippen MR) is 106 cm³/mol. The van der Waals surface area contributed by atoms with Gasteiger partial charge in [0, 0.05) is 23.6 Å². The van der Waals surface area contributed by atoms with E-state index in [1.807, 2.05) is 60.7 Å². The lowest BCUT2D eigenvalue weighted by atomic mass is 10.0. The van der Waals surface area contributed by atoms with Crippen LogP contribution < -0.4 is 10.2 Å². The number of benzene rings is 3. The van der Waals surface area contributed by atoms with Gasteiger partial charge >= 0.3 is 0 Å². The fourth-order valence-corrected chi connectivity index (χ4v) is 2.96. The third-order valence-electron chi connectivity index (χ3n) is 4.30. The smallest absolute Gasteiger partial charge is 0.106 e. The first-order chi connectivity index (χ1) is 12.7. The molecular formula is C22H24N2O2. The highest BCUT2D eigenvalue weighted by Gasteiger charge is 2.18.